The Morgan fingerprint density at radius 2 is 2.24 bits per heavy atom. The summed E-state index contributed by atoms with van der Waals surface area (Å²) in [6, 6.07) is 4.21. The molecule has 4 rings (SSSR count). The van der Waals surface area contributed by atoms with Crippen LogP contribution in [0.2, 0.25) is 0 Å². The number of piperidine rings is 1. The van der Waals surface area contributed by atoms with Crippen LogP contribution in [0.15, 0.2) is 36.9 Å². The molecule has 132 valence electrons. The van der Waals surface area contributed by atoms with Gasteiger partial charge < -0.3 is 9.88 Å². The van der Waals surface area contributed by atoms with Crippen LogP contribution in [0.25, 0.3) is 0 Å². The molecule has 6 heteroatoms. The molecule has 1 amide bonds. The average molecular weight is 339 g/mol. The zero-order valence-electron chi connectivity index (χ0n) is 14.5. The second kappa shape index (κ2) is 7.35. The number of aromatic nitrogens is 3. The van der Waals surface area contributed by atoms with E-state index in [0.717, 1.165) is 57.6 Å². The number of pyridine rings is 1. The van der Waals surface area contributed by atoms with Crippen LogP contribution in [0.3, 0.4) is 0 Å². The van der Waals surface area contributed by atoms with Gasteiger partial charge in [-0.25, -0.2) is 4.98 Å². The number of aryl methyl sites for hydroxylation is 1. The van der Waals surface area contributed by atoms with Gasteiger partial charge in [-0.15, -0.1) is 0 Å². The number of hydrogen-bond donors (Lipinski definition) is 1. The molecule has 1 saturated heterocycles. The molecule has 0 bridgehead atoms. The van der Waals surface area contributed by atoms with Gasteiger partial charge in [-0.05, 0) is 37.4 Å². The third-order valence-corrected chi connectivity index (χ3v) is 5.31. The minimum absolute atomic E-state index is 0.0295. The smallest absolute Gasteiger partial charge is 0.237 e. The molecule has 25 heavy (non-hydrogen) atoms. The fraction of sp³-hybridized carbons (Fsp3) is 0.526. The van der Waals surface area contributed by atoms with Crippen LogP contribution in [0.1, 0.15) is 37.1 Å². The van der Waals surface area contributed by atoms with E-state index in [1.54, 1.807) is 6.20 Å². The third-order valence-electron chi connectivity index (χ3n) is 5.31. The largest absolute Gasteiger partial charge is 0.350 e. The summed E-state index contributed by atoms with van der Waals surface area (Å²) < 4.78 is 2.16. The van der Waals surface area contributed by atoms with E-state index in [1.807, 2.05) is 24.7 Å². The second-order valence-electron chi connectivity index (χ2n) is 7.08. The maximum atomic E-state index is 12.9. The summed E-state index contributed by atoms with van der Waals surface area (Å²) in [5.41, 5.74) is 1.17. The van der Waals surface area contributed by atoms with Gasteiger partial charge in [-0.2, -0.15) is 0 Å². The van der Waals surface area contributed by atoms with Gasteiger partial charge in [0.2, 0.25) is 5.91 Å². The summed E-state index contributed by atoms with van der Waals surface area (Å²) in [6.07, 6.45) is 12.7. The van der Waals surface area contributed by atoms with Crippen LogP contribution >= 0.6 is 0 Å². The maximum Gasteiger partial charge on any atom is 0.237 e. The highest BCUT2D eigenvalue weighted by Crippen LogP contribution is 2.21. The van der Waals surface area contributed by atoms with Crippen molar-refractivity contribution in [1.29, 1.82) is 0 Å². The Bertz CT molecular complexity index is 714. The van der Waals surface area contributed by atoms with E-state index in [9.17, 15) is 4.79 Å². The lowest BCUT2D eigenvalue weighted by molar-refractivity contribution is -0.128. The molecule has 2 aliphatic heterocycles. The Balaban J connectivity index is 1.39. The summed E-state index contributed by atoms with van der Waals surface area (Å²) in [5.74, 6) is 1.30. The first-order valence-electron chi connectivity index (χ1n) is 9.23. The fourth-order valence-electron chi connectivity index (χ4n) is 3.98. The van der Waals surface area contributed by atoms with Crippen molar-refractivity contribution in [3.63, 3.8) is 0 Å². The number of nitrogens with zero attached hydrogens (tertiary/aromatic N) is 4. The van der Waals surface area contributed by atoms with E-state index in [-0.39, 0.29) is 18.0 Å². The Morgan fingerprint density at radius 3 is 3.12 bits per heavy atom. The van der Waals surface area contributed by atoms with Crippen molar-refractivity contribution in [3.8, 4) is 0 Å². The predicted octanol–water partition coefficient (Wildman–Crippen LogP) is 1.76. The van der Waals surface area contributed by atoms with Crippen molar-refractivity contribution < 1.29 is 4.79 Å². The van der Waals surface area contributed by atoms with Crippen molar-refractivity contribution >= 4 is 5.91 Å². The summed E-state index contributed by atoms with van der Waals surface area (Å²) in [5, 5.41) is 3.29. The average Bonchev–Trinajstić information content (AvgIpc) is 3.11. The van der Waals surface area contributed by atoms with E-state index in [2.05, 4.69) is 30.8 Å². The van der Waals surface area contributed by atoms with E-state index in [1.165, 1.54) is 5.56 Å². The molecule has 2 aromatic rings. The zero-order valence-corrected chi connectivity index (χ0v) is 14.5. The SMILES string of the molecule is O=C(N[C@H]1CCc2nccn2C1)[C@H]1CCCCN1Cc1cccnc1. The van der Waals surface area contributed by atoms with E-state index >= 15 is 0 Å². The van der Waals surface area contributed by atoms with E-state index < -0.39 is 0 Å². The van der Waals surface area contributed by atoms with Crippen LogP contribution in [-0.2, 0) is 24.3 Å². The highest BCUT2D eigenvalue weighted by atomic mass is 16.2. The minimum atomic E-state index is -0.0295. The van der Waals surface area contributed by atoms with Crippen molar-refractivity contribution in [1.82, 2.24) is 24.8 Å². The molecule has 2 aromatic heterocycles. The lowest BCUT2D eigenvalue weighted by Crippen LogP contribution is -2.52. The van der Waals surface area contributed by atoms with Gasteiger partial charge >= 0.3 is 0 Å². The normalized spacial score (nSPS) is 23.8. The van der Waals surface area contributed by atoms with Crippen LogP contribution in [0, 0.1) is 0 Å². The van der Waals surface area contributed by atoms with Crippen molar-refractivity contribution in [2.45, 2.75) is 57.3 Å². The number of hydrogen-bond acceptors (Lipinski definition) is 4. The number of amides is 1. The molecule has 1 N–H and O–H groups in total. The van der Waals surface area contributed by atoms with E-state index in [0.29, 0.717) is 0 Å². The van der Waals surface area contributed by atoms with Crippen molar-refractivity contribution in [3.05, 3.63) is 48.3 Å². The molecule has 0 saturated carbocycles. The summed E-state index contributed by atoms with van der Waals surface area (Å²) in [4.78, 5) is 23.8. The first kappa shape index (κ1) is 16.3. The predicted molar refractivity (Wildman–Crippen MR) is 94.8 cm³/mol. The number of carbonyl (C=O) groups is 1. The van der Waals surface area contributed by atoms with Gasteiger partial charge in [0.25, 0.3) is 0 Å². The minimum Gasteiger partial charge on any atom is -0.350 e. The second-order valence-corrected chi connectivity index (χ2v) is 7.08. The standard InChI is InChI=1S/C19H25N5O/c25-19(22-16-6-7-18-21-9-11-24(18)14-16)17-5-1-2-10-23(17)13-15-4-3-8-20-12-15/h3-4,8-9,11-12,16-17H,1-2,5-7,10,13-14H2,(H,22,25)/t16-,17+/m0/s1. The van der Waals surface area contributed by atoms with Crippen LogP contribution in [-0.4, -0.2) is 44.0 Å². The first-order valence-corrected chi connectivity index (χ1v) is 9.23. The molecule has 2 aliphatic rings. The topological polar surface area (TPSA) is 63.1 Å². The number of likely N-dealkylation sites (tertiary alicyclic amines) is 1. The molecule has 1 fully saturated rings. The Morgan fingerprint density at radius 1 is 1.28 bits per heavy atom. The Labute approximate surface area is 148 Å². The molecule has 6 nitrogen and oxygen atoms in total. The Hall–Kier alpha value is -2.21. The molecule has 2 atom stereocenters. The number of imidazole rings is 1. The summed E-state index contributed by atoms with van der Waals surface area (Å²) >= 11 is 0. The fourth-order valence-corrected chi connectivity index (χ4v) is 3.98. The van der Waals surface area contributed by atoms with Gasteiger partial charge in [-0.3, -0.25) is 14.7 Å². The Kier molecular flexibility index (Phi) is 4.78. The number of rotatable bonds is 4. The molecular formula is C19H25N5O. The van der Waals surface area contributed by atoms with E-state index in [4.69, 9.17) is 0 Å². The molecule has 0 radical (unpaired) electrons. The number of carbonyl (C=O) groups excluding carboxylic acids is 1. The zero-order chi connectivity index (χ0) is 17.1. The molecule has 0 unspecified atom stereocenters. The maximum absolute atomic E-state index is 12.9. The monoisotopic (exact) mass is 339 g/mol. The van der Waals surface area contributed by atoms with Crippen LogP contribution < -0.4 is 5.32 Å². The third kappa shape index (κ3) is 3.74. The van der Waals surface area contributed by atoms with Crippen LogP contribution in [0.5, 0.6) is 0 Å². The highest BCUT2D eigenvalue weighted by Gasteiger charge is 2.30. The van der Waals surface area contributed by atoms with Gasteiger partial charge in [0.1, 0.15) is 5.82 Å². The van der Waals surface area contributed by atoms with Gasteiger partial charge in [0.15, 0.2) is 0 Å². The van der Waals surface area contributed by atoms with Gasteiger partial charge in [-0.1, -0.05) is 12.5 Å². The molecule has 4 heterocycles. The van der Waals surface area contributed by atoms with Crippen molar-refractivity contribution in [2.75, 3.05) is 6.54 Å². The summed E-state index contributed by atoms with van der Waals surface area (Å²) in [6.45, 7) is 2.60. The first-order chi connectivity index (χ1) is 12.3. The molecule has 0 aromatic carbocycles. The number of fused-ring (bicyclic) bond motifs is 1. The summed E-state index contributed by atoms with van der Waals surface area (Å²) in [7, 11) is 0. The molecule has 0 aliphatic carbocycles. The van der Waals surface area contributed by atoms with Gasteiger partial charge in [0, 0.05) is 50.3 Å². The molecule has 0 spiro atoms. The highest BCUT2D eigenvalue weighted by molar-refractivity contribution is 5.82. The van der Waals surface area contributed by atoms with Crippen LogP contribution in [0.4, 0.5) is 0 Å². The van der Waals surface area contributed by atoms with Crippen molar-refractivity contribution in [2.24, 2.45) is 0 Å². The lowest BCUT2D eigenvalue weighted by Gasteiger charge is -2.36. The quantitative estimate of drug-likeness (QED) is 0.922. The lowest BCUT2D eigenvalue weighted by atomic mass is 9.99. The van der Waals surface area contributed by atoms with Gasteiger partial charge in [0.05, 0.1) is 6.04 Å². The molecular weight excluding hydrogens is 314 g/mol. The number of nitrogens with one attached hydrogen (secondary N) is 1.